The highest BCUT2D eigenvalue weighted by molar-refractivity contribution is 7.16. The molecule has 0 unspecified atom stereocenters. The Morgan fingerprint density at radius 2 is 2.21 bits per heavy atom. The van der Waals surface area contributed by atoms with Gasteiger partial charge in [0.15, 0.2) is 0 Å². The fraction of sp³-hybridized carbons (Fsp3) is 0.600. The van der Waals surface area contributed by atoms with E-state index in [4.69, 9.17) is 16.3 Å². The van der Waals surface area contributed by atoms with E-state index in [2.05, 4.69) is 19.2 Å². The molecule has 1 aromatic heterocycles. The summed E-state index contributed by atoms with van der Waals surface area (Å²) in [5, 5.41) is 3.33. The molecule has 1 N–H and O–H groups in total. The van der Waals surface area contributed by atoms with Crippen molar-refractivity contribution in [2.45, 2.75) is 26.0 Å². The third-order valence-corrected chi connectivity index (χ3v) is 3.26. The second kappa shape index (κ2) is 5.12. The van der Waals surface area contributed by atoms with Crippen LogP contribution in [0, 0.1) is 0 Å². The Balaban J connectivity index is 2.28. The van der Waals surface area contributed by atoms with Crippen LogP contribution in [0.3, 0.4) is 0 Å². The summed E-state index contributed by atoms with van der Waals surface area (Å²) in [5.74, 6) is 0. The number of rotatable bonds is 5. The molecular weight excluding hydrogens is 218 g/mol. The topological polar surface area (TPSA) is 21.3 Å². The van der Waals surface area contributed by atoms with Crippen molar-refractivity contribution in [2.24, 2.45) is 0 Å². The molecule has 1 heterocycles. The Labute approximate surface area is 94.2 Å². The lowest BCUT2D eigenvalue weighted by Crippen LogP contribution is -2.36. The van der Waals surface area contributed by atoms with E-state index in [1.165, 1.54) is 4.88 Å². The first-order valence-corrected chi connectivity index (χ1v) is 5.73. The molecule has 1 aromatic rings. The summed E-state index contributed by atoms with van der Waals surface area (Å²) in [6.45, 7) is 5.80. The highest BCUT2D eigenvalue weighted by Gasteiger charge is 2.15. The van der Waals surface area contributed by atoms with E-state index in [-0.39, 0.29) is 5.60 Å². The average molecular weight is 234 g/mol. The maximum absolute atomic E-state index is 5.82. The number of ether oxygens (including phenoxy) is 1. The molecule has 0 atom stereocenters. The molecule has 1 rings (SSSR count). The van der Waals surface area contributed by atoms with Crippen LogP contribution in [0.25, 0.3) is 0 Å². The van der Waals surface area contributed by atoms with Gasteiger partial charge in [0.1, 0.15) is 0 Å². The van der Waals surface area contributed by atoms with E-state index in [0.29, 0.717) is 0 Å². The minimum Gasteiger partial charge on any atom is -0.377 e. The lowest BCUT2D eigenvalue weighted by atomic mass is 10.1. The van der Waals surface area contributed by atoms with Crippen LogP contribution in [0.5, 0.6) is 0 Å². The predicted octanol–water partition coefficient (Wildman–Crippen LogP) is 2.92. The molecule has 0 aromatic carbocycles. The number of hydrogen-bond donors (Lipinski definition) is 1. The normalized spacial score (nSPS) is 12.0. The van der Waals surface area contributed by atoms with E-state index in [9.17, 15) is 0 Å². The van der Waals surface area contributed by atoms with Crippen LogP contribution >= 0.6 is 22.9 Å². The highest BCUT2D eigenvalue weighted by Crippen LogP contribution is 2.21. The molecule has 0 spiro atoms. The van der Waals surface area contributed by atoms with E-state index in [1.807, 2.05) is 12.1 Å². The van der Waals surface area contributed by atoms with E-state index >= 15 is 0 Å². The Morgan fingerprint density at radius 3 is 2.71 bits per heavy atom. The summed E-state index contributed by atoms with van der Waals surface area (Å²) in [7, 11) is 1.73. The summed E-state index contributed by atoms with van der Waals surface area (Å²) in [5.41, 5.74) is -0.110. The van der Waals surface area contributed by atoms with Crippen molar-refractivity contribution < 1.29 is 4.74 Å². The average Bonchev–Trinajstić information content (AvgIpc) is 2.51. The van der Waals surface area contributed by atoms with E-state index in [0.717, 1.165) is 17.4 Å². The summed E-state index contributed by atoms with van der Waals surface area (Å²) in [4.78, 5) is 1.25. The molecule has 0 aliphatic rings. The van der Waals surface area contributed by atoms with Crippen molar-refractivity contribution in [3.05, 3.63) is 21.3 Å². The van der Waals surface area contributed by atoms with E-state index in [1.54, 1.807) is 18.4 Å². The first-order valence-electron chi connectivity index (χ1n) is 4.53. The Bertz CT molecular complexity index is 285. The first-order chi connectivity index (χ1) is 6.53. The zero-order valence-corrected chi connectivity index (χ0v) is 10.3. The number of halogens is 1. The second-order valence-corrected chi connectivity index (χ2v) is 5.57. The number of methoxy groups -OCH3 is 1. The van der Waals surface area contributed by atoms with Gasteiger partial charge in [0.05, 0.1) is 9.94 Å². The van der Waals surface area contributed by atoms with Gasteiger partial charge in [-0.2, -0.15) is 0 Å². The molecule has 0 saturated carbocycles. The Hall–Kier alpha value is -0.0900. The van der Waals surface area contributed by atoms with Gasteiger partial charge in [-0.1, -0.05) is 11.6 Å². The van der Waals surface area contributed by atoms with Gasteiger partial charge in [-0.15, -0.1) is 11.3 Å². The lowest BCUT2D eigenvalue weighted by molar-refractivity contribution is 0.0231. The molecule has 0 bridgehead atoms. The molecule has 2 nitrogen and oxygen atoms in total. The van der Waals surface area contributed by atoms with Crippen molar-refractivity contribution >= 4 is 22.9 Å². The van der Waals surface area contributed by atoms with Gasteiger partial charge in [-0.25, -0.2) is 0 Å². The van der Waals surface area contributed by atoms with Crippen molar-refractivity contribution in [3.8, 4) is 0 Å². The number of hydrogen-bond acceptors (Lipinski definition) is 3. The predicted molar refractivity (Wildman–Crippen MR) is 62.1 cm³/mol. The van der Waals surface area contributed by atoms with Crippen LogP contribution in [0.4, 0.5) is 0 Å². The summed E-state index contributed by atoms with van der Waals surface area (Å²) in [6.07, 6.45) is 0. The van der Waals surface area contributed by atoms with Gasteiger partial charge >= 0.3 is 0 Å². The summed E-state index contributed by atoms with van der Waals surface area (Å²) >= 11 is 7.43. The largest absolute Gasteiger partial charge is 0.377 e. The van der Waals surface area contributed by atoms with Gasteiger partial charge in [0.25, 0.3) is 0 Å². The molecule has 4 heteroatoms. The minimum atomic E-state index is -0.110. The zero-order chi connectivity index (χ0) is 10.6. The van der Waals surface area contributed by atoms with Crippen molar-refractivity contribution in [3.63, 3.8) is 0 Å². The maximum Gasteiger partial charge on any atom is 0.0931 e. The zero-order valence-electron chi connectivity index (χ0n) is 8.76. The number of thiophene rings is 1. The fourth-order valence-corrected chi connectivity index (χ4v) is 2.06. The molecule has 0 fully saturated rings. The number of nitrogens with one attached hydrogen (secondary N) is 1. The van der Waals surface area contributed by atoms with Crippen molar-refractivity contribution in [1.29, 1.82) is 0 Å². The lowest BCUT2D eigenvalue weighted by Gasteiger charge is -2.22. The van der Waals surface area contributed by atoms with Crippen molar-refractivity contribution in [2.75, 3.05) is 13.7 Å². The third kappa shape index (κ3) is 3.96. The monoisotopic (exact) mass is 233 g/mol. The second-order valence-electron chi connectivity index (χ2n) is 3.77. The molecule has 0 saturated heterocycles. The molecule has 0 amide bonds. The van der Waals surface area contributed by atoms with E-state index < -0.39 is 0 Å². The molecule has 14 heavy (non-hydrogen) atoms. The van der Waals surface area contributed by atoms with Crippen LogP contribution in [0.2, 0.25) is 4.34 Å². The van der Waals surface area contributed by atoms with Gasteiger partial charge in [0.2, 0.25) is 0 Å². The maximum atomic E-state index is 5.82. The molecule has 0 aliphatic carbocycles. The molecule has 80 valence electrons. The SMILES string of the molecule is COC(C)(C)CNCc1ccc(Cl)s1. The van der Waals surface area contributed by atoms with Crippen LogP contribution < -0.4 is 5.32 Å². The Morgan fingerprint density at radius 1 is 1.50 bits per heavy atom. The smallest absolute Gasteiger partial charge is 0.0931 e. The van der Waals surface area contributed by atoms with Crippen molar-refractivity contribution in [1.82, 2.24) is 5.32 Å². The van der Waals surface area contributed by atoms with Gasteiger partial charge in [-0.3, -0.25) is 0 Å². The summed E-state index contributed by atoms with van der Waals surface area (Å²) < 4.78 is 6.14. The Kier molecular flexibility index (Phi) is 4.38. The standard InChI is InChI=1S/C10H16ClNOS/c1-10(2,13-3)7-12-6-8-4-5-9(11)14-8/h4-5,12H,6-7H2,1-3H3. The molecule has 0 radical (unpaired) electrons. The first kappa shape index (κ1) is 12.0. The fourth-order valence-electron chi connectivity index (χ4n) is 1.01. The van der Waals surface area contributed by atoms with Crippen LogP contribution in [0.1, 0.15) is 18.7 Å². The van der Waals surface area contributed by atoms with Gasteiger partial charge in [0, 0.05) is 25.1 Å². The minimum absolute atomic E-state index is 0.110. The highest BCUT2D eigenvalue weighted by atomic mass is 35.5. The van der Waals surface area contributed by atoms with Crippen LogP contribution in [0.15, 0.2) is 12.1 Å². The summed E-state index contributed by atoms with van der Waals surface area (Å²) in [6, 6.07) is 3.96. The third-order valence-electron chi connectivity index (χ3n) is 2.03. The molecular formula is C10H16ClNOS. The van der Waals surface area contributed by atoms with Crippen LogP contribution in [-0.4, -0.2) is 19.3 Å². The quantitative estimate of drug-likeness (QED) is 0.845. The van der Waals surface area contributed by atoms with Gasteiger partial charge in [-0.05, 0) is 26.0 Å². The molecule has 0 aliphatic heterocycles. The van der Waals surface area contributed by atoms with Crippen LogP contribution in [-0.2, 0) is 11.3 Å². The van der Waals surface area contributed by atoms with Gasteiger partial charge < -0.3 is 10.1 Å².